The molecule has 4 nitrogen and oxygen atoms in total. The van der Waals surface area contributed by atoms with Crippen LogP contribution in [0.5, 0.6) is 0 Å². The van der Waals surface area contributed by atoms with Crippen LogP contribution in [0.2, 0.25) is 0 Å². The molecule has 3 rings (SSSR count). The van der Waals surface area contributed by atoms with E-state index in [4.69, 9.17) is 0 Å². The number of carbonyl (C=O) groups is 1. The summed E-state index contributed by atoms with van der Waals surface area (Å²) in [6, 6.07) is 4.72. The number of aromatic nitrogens is 2. The third-order valence-corrected chi connectivity index (χ3v) is 3.84. The average molecular weight is 324 g/mol. The Morgan fingerprint density at radius 2 is 2.32 bits per heavy atom. The van der Waals surface area contributed by atoms with Crippen molar-refractivity contribution in [2.75, 3.05) is 0 Å². The maximum absolute atomic E-state index is 14.0. The summed E-state index contributed by atoms with van der Waals surface area (Å²) in [7, 11) is 0. The van der Waals surface area contributed by atoms with Gasteiger partial charge in [0, 0.05) is 10.0 Å². The van der Waals surface area contributed by atoms with Crippen LogP contribution in [0.1, 0.15) is 23.0 Å². The summed E-state index contributed by atoms with van der Waals surface area (Å²) in [4.78, 5) is 16.0. The molecule has 98 valence electrons. The van der Waals surface area contributed by atoms with Crippen molar-refractivity contribution in [3.63, 3.8) is 0 Å². The monoisotopic (exact) mass is 323 g/mol. The fourth-order valence-electron chi connectivity index (χ4n) is 2.40. The van der Waals surface area contributed by atoms with E-state index in [1.807, 2.05) is 0 Å². The van der Waals surface area contributed by atoms with Crippen molar-refractivity contribution >= 4 is 21.8 Å². The molecule has 2 aromatic rings. The van der Waals surface area contributed by atoms with Gasteiger partial charge in [0.2, 0.25) is 0 Å². The molecule has 19 heavy (non-hydrogen) atoms. The van der Waals surface area contributed by atoms with Gasteiger partial charge in [-0.25, -0.2) is 9.37 Å². The molecule has 0 saturated heterocycles. The lowest BCUT2D eigenvalue weighted by atomic mass is 9.89. The van der Waals surface area contributed by atoms with Crippen LogP contribution in [0.3, 0.4) is 0 Å². The minimum atomic E-state index is -0.793. The predicted octanol–water partition coefficient (Wildman–Crippen LogP) is 2.44. The summed E-state index contributed by atoms with van der Waals surface area (Å²) >= 11 is 3.33. The third-order valence-electron chi connectivity index (χ3n) is 3.34. The van der Waals surface area contributed by atoms with Crippen molar-refractivity contribution in [3.8, 4) is 0 Å². The first-order valence-electron chi connectivity index (χ1n) is 5.78. The van der Waals surface area contributed by atoms with Crippen LogP contribution in [0, 0.1) is 5.82 Å². The van der Waals surface area contributed by atoms with E-state index in [1.54, 1.807) is 30.0 Å². The smallest absolute Gasteiger partial charge is 0.270 e. The maximum atomic E-state index is 14.0. The van der Waals surface area contributed by atoms with E-state index in [9.17, 15) is 9.18 Å². The van der Waals surface area contributed by atoms with Crippen molar-refractivity contribution in [2.24, 2.45) is 0 Å². The van der Waals surface area contributed by atoms with Gasteiger partial charge in [-0.2, -0.15) is 0 Å². The van der Waals surface area contributed by atoms with Crippen LogP contribution < -0.4 is 5.32 Å². The summed E-state index contributed by atoms with van der Waals surface area (Å²) in [5, 5.41) is 2.86. The number of fused-ring (bicyclic) bond motifs is 1. The Kier molecular flexibility index (Phi) is 2.70. The Labute approximate surface area is 117 Å². The van der Waals surface area contributed by atoms with Crippen LogP contribution in [0.4, 0.5) is 4.39 Å². The van der Waals surface area contributed by atoms with Crippen LogP contribution in [0.25, 0.3) is 0 Å². The molecule has 1 aromatic carbocycles. The van der Waals surface area contributed by atoms with Gasteiger partial charge in [0.1, 0.15) is 11.5 Å². The lowest BCUT2D eigenvalue weighted by Crippen LogP contribution is -2.51. The highest BCUT2D eigenvalue weighted by atomic mass is 79.9. The van der Waals surface area contributed by atoms with Gasteiger partial charge >= 0.3 is 0 Å². The molecule has 0 bridgehead atoms. The largest absolute Gasteiger partial charge is 0.340 e. The summed E-state index contributed by atoms with van der Waals surface area (Å²) < 4.78 is 16.5. The number of rotatable bonds is 1. The molecule has 2 heterocycles. The lowest BCUT2D eigenvalue weighted by molar-refractivity contribution is 0.0845. The van der Waals surface area contributed by atoms with Crippen molar-refractivity contribution in [3.05, 3.63) is 52.3 Å². The number of hydrogen-bond donors (Lipinski definition) is 1. The topological polar surface area (TPSA) is 46.9 Å². The number of hydrogen-bond acceptors (Lipinski definition) is 2. The summed E-state index contributed by atoms with van der Waals surface area (Å²) in [5.41, 5.74) is 0.154. The number of halogens is 2. The number of carbonyl (C=O) groups excluding carboxylic acids is 1. The first-order chi connectivity index (χ1) is 8.99. The fourth-order valence-corrected chi connectivity index (χ4v) is 2.76. The highest BCUT2D eigenvalue weighted by molar-refractivity contribution is 9.10. The van der Waals surface area contributed by atoms with Gasteiger partial charge in [-0.05, 0) is 25.1 Å². The molecule has 1 aliphatic heterocycles. The summed E-state index contributed by atoms with van der Waals surface area (Å²) in [6.45, 7) is 2.25. The van der Waals surface area contributed by atoms with Crippen LogP contribution >= 0.6 is 15.9 Å². The molecule has 1 amide bonds. The standard InChI is InChI=1S/C13H11BrFN3O/c1-13(9-4-8(14)2-3-10(9)15)6-18-7-16-5-11(18)12(19)17-13/h2-5,7H,6H2,1H3,(H,17,19)/t13-/m0/s1. The van der Waals surface area contributed by atoms with E-state index >= 15 is 0 Å². The maximum Gasteiger partial charge on any atom is 0.270 e. The lowest BCUT2D eigenvalue weighted by Gasteiger charge is -2.36. The molecule has 1 aromatic heterocycles. The van der Waals surface area contributed by atoms with E-state index in [-0.39, 0.29) is 11.7 Å². The van der Waals surface area contributed by atoms with E-state index in [0.29, 0.717) is 17.8 Å². The zero-order valence-electron chi connectivity index (χ0n) is 10.2. The van der Waals surface area contributed by atoms with Crippen molar-refractivity contribution in [1.82, 2.24) is 14.9 Å². The molecule has 0 fully saturated rings. The quantitative estimate of drug-likeness (QED) is 0.876. The highest BCUT2D eigenvalue weighted by Gasteiger charge is 2.37. The molecule has 0 aliphatic carbocycles. The van der Waals surface area contributed by atoms with Gasteiger partial charge in [-0.3, -0.25) is 4.79 Å². The van der Waals surface area contributed by atoms with Crippen molar-refractivity contribution in [1.29, 1.82) is 0 Å². The van der Waals surface area contributed by atoms with E-state index in [1.165, 1.54) is 12.3 Å². The number of benzene rings is 1. The molecule has 6 heteroatoms. The predicted molar refractivity (Wildman–Crippen MR) is 71.1 cm³/mol. The Balaban J connectivity index is 2.10. The molecule has 0 saturated carbocycles. The van der Waals surface area contributed by atoms with Crippen LogP contribution in [-0.2, 0) is 12.1 Å². The molecule has 0 radical (unpaired) electrons. The zero-order valence-corrected chi connectivity index (χ0v) is 11.7. The van der Waals surface area contributed by atoms with Crippen molar-refractivity contribution < 1.29 is 9.18 Å². The molecule has 1 atom stereocenters. The van der Waals surface area contributed by atoms with E-state index < -0.39 is 5.54 Å². The molecule has 1 aliphatic rings. The molecular weight excluding hydrogens is 313 g/mol. The highest BCUT2D eigenvalue weighted by Crippen LogP contribution is 2.31. The van der Waals surface area contributed by atoms with Gasteiger partial charge in [-0.15, -0.1) is 0 Å². The number of nitrogens with zero attached hydrogens (tertiary/aromatic N) is 2. The zero-order chi connectivity index (χ0) is 13.6. The van der Waals surface area contributed by atoms with Gasteiger partial charge in [0.25, 0.3) is 5.91 Å². The SMILES string of the molecule is C[C@@]1(c2cc(Br)ccc2F)Cn2cncc2C(=O)N1. The summed E-state index contributed by atoms with van der Waals surface area (Å²) in [5.74, 6) is -0.583. The number of nitrogens with one attached hydrogen (secondary N) is 1. The second kappa shape index (κ2) is 4.16. The Morgan fingerprint density at radius 3 is 3.11 bits per heavy atom. The van der Waals surface area contributed by atoms with Crippen molar-refractivity contribution in [2.45, 2.75) is 19.0 Å². The minimum Gasteiger partial charge on any atom is -0.340 e. The number of amides is 1. The molecule has 0 spiro atoms. The van der Waals surface area contributed by atoms with E-state index in [0.717, 1.165) is 4.47 Å². The first kappa shape index (κ1) is 12.3. The molecular formula is C13H11BrFN3O. The van der Waals surface area contributed by atoms with Crippen LogP contribution in [0.15, 0.2) is 35.2 Å². The average Bonchev–Trinajstić information content (AvgIpc) is 2.80. The van der Waals surface area contributed by atoms with Gasteiger partial charge in [-0.1, -0.05) is 15.9 Å². The third kappa shape index (κ3) is 1.96. The molecule has 1 N–H and O–H groups in total. The molecule has 0 unspecified atom stereocenters. The van der Waals surface area contributed by atoms with Gasteiger partial charge in [0.15, 0.2) is 0 Å². The van der Waals surface area contributed by atoms with E-state index in [2.05, 4.69) is 26.2 Å². The second-order valence-electron chi connectivity index (χ2n) is 4.82. The first-order valence-corrected chi connectivity index (χ1v) is 6.57. The Bertz CT molecular complexity index is 670. The fraction of sp³-hybridized carbons (Fsp3) is 0.231. The normalized spacial score (nSPS) is 21.9. The van der Waals surface area contributed by atoms with Crippen LogP contribution in [-0.4, -0.2) is 15.5 Å². The summed E-state index contributed by atoms with van der Waals surface area (Å²) in [6.07, 6.45) is 3.09. The second-order valence-corrected chi connectivity index (χ2v) is 5.73. The Hall–Kier alpha value is -1.69. The number of imidazole rings is 1. The Morgan fingerprint density at radius 1 is 1.53 bits per heavy atom. The van der Waals surface area contributed by atoms with Gasteiger partial charge < -0.3 is 9.88 Å². The van der Waals surface area contributed by atoms with Gasteiger partial charge in [0.05, 0.1) is 24.6 Å². The minimum absolute atomic E-state index is 0.245.